The fourth-order valence-electron chi connectivity index (χ4n) is 4.72. The number of rotatable bonds is 18. The molecule has 1 aliphatic rings. The monoisotopic (exact) mass is 552 g/mol. The number of ether oxygens (including phenoxy) is 1. The molecule has 2 amide bonds. The summed E-state index contributed by atoms with van der Waals surface area (Å²) in [5.74, 6) is -0.883. The summed E-state index contributed by atoms with van der Waals surface area (Å²) in [6, 6.07) is 0.563. The van der Waals surface area contributed by atoms with E-state index < -0.39 is 48.8 Å². The fraction of sp³-hybridized carbons (Fsp3) is 0.786. The van der Waals surface area contributed by atoms with Crippen molar-refractivity contribution in [3.63, 3.8) is 0 Å². The van der Waals surface area contributed by atoms with Crippen molar-refractivity contribution in [2.45, 2.75) is 128 Å². The van der Waals surface area contributed by atoms with Crippen LogP contribution in [0, 0.1) is 5.92 Å². The molecule has 2 heterocycles. The van der Waals surface area contributed by atoms with Gasteiger partial charge in [-0.1, -0.05) is 85.0 Å². The Balaban J connectivity index is 1.77. The van der Waals surface area contributed by atoms with Crippen LogP contribution in [0.25, 0.3) is 0 Å². The van der Waals surface area contributed by atoms with Crippen LogP contribution in [0.3, 0.4) is 0 Å². The Hall–Kier alpha value is -2.34. The number of aliphatic hydroxyl groups is 3. The number of nitrogens with one attached hydrogen (secondary N) is 2. The van der Waals surface area contributed by atoms with Gasteiger partial charge in [0.1, 0.15) is 30.2 Å². The highest BCUT2D eigenvalue weighted by molar-refractivity contribution is 5.96. The lowest BCUT2D eigenvalue weighted by molar-refractivity contribution is -0.127. The van der Waals surface area contributed by atoms with Crippen molar-refractivity contribution < 1.29 is 29.6 Å². The predicted molar refractivity (Wildman–Crippen MR) is 148 cm³/mol. The lowest BCUT2D eigenvalue weighted by atomic mass is 10.0. The van der Waals surface area contributed by atoms with E-state index in [1.54, 1.807) is 0 Å². The summed E-state index contributed by atoms with van der Waals surface area (Å²) in [5, 5.41) is 34.7. The van der Waals surface area contributed by atoms with Crippen molar-refractivity contribution in [2.24, 2.45) is 5.92 Å². The first-order chi connectivity index (χ1) is 18.7. The van der Waals surface area contributed by atoms with E-state index in [2.05, 4.69) is 22.5 Å². The van der Waals surface area contributed by atoms with E-state index in [-0.39, 0.29) is 17.6 Å². The van der Waals surface area contributed by atoms with Gasteiger partial charge in [-0.2, -0.15) is 4.98 Å². The molecule has 11 nitrogen and oxygen atoms in total. The van der Waals surface area contributed by atoms with Gasteiger partial charge in [0.15, 0.2) is 6.23 Å². The average Bonchev–Trinajstić information content (AvgIpc) is 3.18. The van der Waals surface area contributed by atoms with Crippen molar-refractivity contribution in [2.75, 3.05) is 11.9 Å². The number of hydrogen-bond acceptors (Lipinski definition) is 8. The number of carbonyl (C=O) groups is 2. The van der Waals surface area contributed by atoms with Gasteiger partial charge < -0.3 is 30.7 Å². The summed E-state index contributed by atoms with van der Waals surface area (Å²) in [4.78, 5) is 41.7. The first-order valence-corrected chi connectivity index (χ1v) is 14.5. The molecule has 11 heteroatoms. The van der Waals surface area contributed by atoms with Crippen LogP contribution in [-0.4, -0.2) is 67.6 Å². The molecule has 222 valence electrons. The van der Waals surface area contributed by atoms with Gasteiger partial charge in [-0.25, -0.2) is 4.79 Å². The van der Waals surface area contributed by atoms with Crippen LogP contribution >= 0.6 is 0 Å². The van der Waals surface area contributed by atoms with E-state index >= 15 is 0 Å². The number of hydrogen-bond donors (Lipinski definition) is 5. The molecular formula is C28H48N4O7. The molecule has 0 aromatic carbocycles. The van der Waals surface area contributed by atoms with Crippen molar-refractivity contribution in [1.29, 1.82) is 0 Å². The number of amides is 2. The van der Waals surface area contributed by atoms with Gasteiger partial charge in [-0.05, 0) is 18.4 Å². The van der Waals surface area contributed by atoms with Gasteiger partial charge in [0.05, 0.1) is 6.61 Å². The second-order valence-electron chi connectivity index (χ2n) is 10.8. The Morgan fingerprint density at radius 1 is 1.00 bits per heavy atom. The van der Waals surface area contributed by atoms with Crippen molar-refractivity contribution >= 4 is 17.6 Å². The largest absolute Gasteiger partial charge is 0.394 e. The molecule has 2 rings (SSSR count). The standard InChI is InChI=1S/C28H48N4O7/c1-4-5-6-7-8-9-10-11-12-13-14-15-22(34)31-23(19(2)3)26(37)29-21-16-17-32(28(38)30-21)27-25(36)24(35)20(18-33)39-27/h16-17,19-20,23-25,27,33,35-36H,4-15,18H2,1-3H3,(H,31,34)(H,29,30,37,38)/t20-,23-,24-,25+,27-/m0/s1. The molecule has 5 N–H and O–H groups in total. The lowest BCUT2D eigenvalue weighted by Crippen LogP contribution is -2.47. The maximum atomic E-state index is 12.9. The first kappa shape index (κ1) is 32.9. The quantitative estimate of drug-likeness (QED) is 0.174. The van der Waals surface area contributed by atoms with Crippen LogP contribution in [0.2, 0.25) is 0 Å². The maximum Gasteiger partial charge on any atom is 0.351 e. The molecule has 1 aromatic heterocycles. The highest BCUT2D eigenvalue weighted by Crippen LogP contribution is 2.28. The van der Waals surface area contributed by atoms with Crippen molar-refractivity contribution in [3.8, 4) is 0 Å². The zero-order valence-electron chi connectivity index (χ0n) is 23.7. The van der Waals surface area contributed by atoms with Gasteiger partial charge in [-0.3, -0.25) is 14.2 Å². The zero-order chi connectivity index (χ0) is 28.8. The minimum Gasteiger partial charge on any atom is -0.394 e. The van der Waals surface area contributed by atoms with Crippen LogP contribution in [0.4, 0.5) is 5.82 Å². The molecular weight excluding hydrogens is 504 g/mol. The molecule has 39 heavy (non-hydrogen) atoms. The summed E-state index contributed by atoms with van der Waals surface area (Å²) in [6.07, 6.45) is 9.74. The van der Waals surface area contributed by atoms with Crippen LogP contribution in [-0.2, 0) is 14.3 Å². The molecule has 0 bridgehead atoms. The molecule has 0 spiro atoms. The molecule has 0 aliphatic carbocycles. The average molecular weight is 553 g/mol. The van der Waals surface area contributed by atoms with Crippen molar-refractivity contribution in [3.05, 3.63) is 22.7 Å². The highest BCUT2D eigenvalue weighted by Gasteiger charge is 2.43. The molecule has 1 aliphatic heterocycles. The van der Waals surface area contributed by atoms with Crippen LogP contribution in [0.1, 0.15) is 104 Å². The normalized spacial score (nSPS) is 21.7. The van der Waals surface area contributed by atoms with Gasteiger partial charge in [0.2, 0.25) is 11.8 Å². The Kier molecular flexibility index (Phi) is 14.6. The van der Waals surface area contributed by atoms with E-state index in [1.807, 2.05) is 13.8 Å². The Bertz CT molecular complexity index is 939. The summed E-state index contributed by atoms with van der Waals surface area (Å²) in [5.41, 5.74) is -0.815. The summed E-state index contributed by atoms with van der Waals surface area (Å²) in [6.45, 7) is 5.34. The number of aromatic nitrogens is 2. The summed E-state index contributed by atoms with van der Waals surface area (Å²) < 4.78 is 6.34. The van der Waals surface area contributed by atoms with E-state index in [0.717, 1.165) is 23.8 Å². The number of anilines is 1. The van der Waals surface area contributed by atoms with Crippen LogP contribution in [0.15, 0.2) is 17.1 Å². The van der Waals surface area contributed by atoms with E-state index in [4.69, 9.17) is 4.74 Å². The molecule has 1 saturated heterocycles. The minimum atomic E-state index is -1.43. The first-order valence-electron chi connectivity index (χ1n) is 14.5. The number of aliphatic hydroxyl groups excluding tert-OH is 3. The third-order valence-corrected chi connectivity index (χ3v) is 7.15. The Morgan fingerprint density at radius 3 is 2.10 bits per heavy atom. The third-order valence-electron chi connectivity index (χ3n) is 7.15. The lowest BCUT2D eigenvalue weighted by Gasteiger charge is -2.22. The van der Waals surface area contributed by atoms with E-state index in [0.29, 0.717) is 6.42 Å². The zero-order valence-corrected chi connectivity index (χ0v) is 23.7. The summed E-state index contributed by atoms with van der Waals surface area (Å²) in [7, 11) is 0. The Morgan fingerprint density at radius 2 is 1.59 bits per heavy atom. The SMILES string of the molecule is CCCCCCCCCCCCCC(=O)N[C@H](C(=O)Nc1ccn([C@H]2O[C@@H](CO)[C@H](O)[C@H]2O)c(=O)n1)C(C)C. The second-order valence-corrected chi connectivity index (χ2v) is 10.8. The van der Waals surface area contributed by atoms with E-state index in [1.165, 1.54) is 63.6 Å². The molecule has 0 radical (unpaired) electrons. The molecule has 5 atom stereocenters. The van der Waals surface area contributed by atoms with Gasteiger partial charge in [0, 0.05) is 12.6 Å². The molecule has 0 unspecified atom stereocenters. The topological polar surface area (TPSA) is 163 Å². The fourth-order valence-corrected chi connectivity index (χ4v) is 4.72. The maximum absolute atomic E-state index is 12.9. The number of nitrogens with zero attached hydrogens (tertiary/aromatic N) is 2. The van der Waals surface area contributed by atoms with Crippen LogP contribution in [0.5, 0.6) is 0 Å². The van der Waals surface area contributed by atoms with Gasteiger partial charge in [0.25, 0.3) is 0 Å². The highest BCUT2D eigenvalue weighted by atomic mass is 16.6. The minimum absolute atomic E-state index is 0.0155. The number of carbonyl (C=O) groups excluding carboxylic acids is 2. The molecule has 1 fully saturated rings. The third kappa shape index (κ3) is 10.6. The van der Waals surface area contributed by atoms with Gasteiger partial charge >= 0.3 is 5.69 Å². The van der Waals surface area contributed by atoms with Gasteiger partial charge in [-0.15, -0.1) is 0 Å². The van der Waals surface area contributed by atoms with Crippen LogP contribution < -0.4 is 16.3 Å². The Labute approximate surface area is 231 Å². The smallest absolute Gasteiger partial charge is 0.351 e. The number of unbranched alkanes of at least 4 members (excludes halogenated alkanes) is 10. The van der Waals surface area contributed by atoms with E-state index in [9.17, 15) is 29.7 Å². The molecule has 0 saturated carbocycles. The molecule has 1 aromatic rings. The predicted octanol–water partition coefficient (Wildman–Crippen LogP) is 2.64. The second kappa shape index (κ2) is 17.4. The summed E-state index contributed by atoms with van der Waals surface area (Å²) >= 11 is 0. The van der Waals surface area contributed by atoms with Crippen molar-refractivity contribution in [1.82, 2.24) is 14.9 Å².